The topological polar surface area (TPSA) is 90.5 Å². The van der Waals surface area contributed by atoms with Crippen LogP contribution in [0.4, 0.5) is 19.3 Å². The molecule has 0 heterocycles. The van der Waals surface area contributed by atoms with Gasteiger partial charge in [-0.1, -0.05) is 39.7 Å². The summed E-state index contributed by atoms with van der Waals surface area (Å²) in [6, 6.07) is 2.74. The molecule has 0 saturated heterocycles. The molecule has 0 radical (unpaired) electrons. The first-order valence-electron chi connectivity index (χ1n) is 10.3. The zero-order valence-electron chi connectivity index (χ0n) is 17.6. The molecule has 4 amide bonds. The summed E-state index contributed by atoms with van der Waals surface area (Å²) in [7, 11) is 0. The molecule has 0 aliphatic heterocycles. The van der Waals surface area contributed by atoms with Gasteiger partial charge in [-0.2, -0.15) is 0 Å². The Bertz CT molecular complexity index is 754. The van der Waals surface area contributed by atoms with E-state index in [-0.39, 0.29) is 19.1 Å². The minimum Gasteiger partial charge on any atom is -0.335 e. The average molecular weight is 424 g/mol. The number of halogens is 2. The van der Waals surface area contributed by atoms with Gasteiger partial charge >= 0.3 is 6.03 Å². The summed E-state index contributed by atoms with van der Waals surface area (Å²) in [6.45, 7) is 5.85. The highest BCUT2D eigenvalue weighted by Gasteiger charge is 2.28. The third-order valence-corrected chi connectivity index (χ3v) is 5.69. The normalized spacial score (nSPS) is 21.2. The highest BCUT2D eigenvalue weighted by Crippen LogP contribution is 2.29. The third-order valence-electron chi connectivity index (χ3n) is 5.69. The number of likely N-dealkylation sites (N-methyl/N-ethyl adjacent to an activating group) is 1. The van der Waals surface area contributed by atoms with Crippen LogP contribution < -0.4 is 16.0 Å². The molecule has 0 bridgehead atoms. The lowest BCUT2D eigenvalue weighted by molar-refractivity contribution is -0.122. The van der Waals surface area contributed by atoms with Gasteiger partial charge in [-0.3, -0.25) is 19.8 Å². The predicted molar refractivity (Wildman–Crippen MR) is 110 cm³/mol. The summed E-state index contributed by atoms with van der Waals surface area (Å²) in [4.78, 5) is 37.9. The Morgan fingerprint density at radius 1 is 1.07 bits per heavy atom. The molecule has 30 heavy (non-hydrogen) atoms. The number of rotatable bonds is 7. The van der Waals surface area contributed by atoms with E-state index in [0.717, 1.165) is 31.4 Å². The van der Waals surface area contributed by atoms with E-state index in [1.165, 1.54) is 11.0 Å². The largest absolute Gasteiger partial charge is 0.335 e. The van der Waals surface area contributed by atoms with Crippen molar-refractivity contribution in [2.45, 2.75) is 46.1 Å². The van der Waals surface area contributed by atoms with Crippen molar-refractivity contribution in [3.8, 4) is 0 Å². The fraction of sp³-hybridized carbons (Fsp3) is 0.571. The summed E-state index contributed by atoms with van der Waals surface area (Å²) in [5.74, 6) is -2.15. The standard InChI is InChI=1S/C21H30F2N4O3/c1-4-27(11-18(28)25-20-15(22)8-6-9-16(20)23)12-19(29)26-21(30)24-17-10-5-7-13(2)14(17)3/h6,8-9,13-14,17H,4-5,7,10-12H2,1-3H3,(H,25,28)(H2,24,26,29,30)/t13-,14-,17-/m1/s1. The van der Waals surface area contributed by atoms with Gasteiger partial charge in [-0.25, -0.2) is 13.6 Å². The Hall–Kier alpha value is -2.55. The van der Waals surface area contributed by atoms with Crippen molar-refractivity contribution in [1.29, 1.82) is 0 Å². The maximum Gasteiger partial charge on any atom is 0.321 e. The van der Waals surface area contributed by atoms with Crippen molar-refractivity contribution in [3.63, 3.8) is 0 Å². The van der Waals surface area contributed by atoms with Gasteiger partial charge in [0.15, 0.2) is 0 Å². The van der Waals surface area contributed by atoms with E-state index in [1.54, 1.807) is 6.92 Å². The summed E-state index contributed by atoms with van der Waals surface area (Å²) >= 11 is 0. The van der Waals surface area contributed by atoms with Crippen LogP contribution in [0.5, 0.6) is 0 Å². The van der Waals surface area contributed by atoms with Crippen molar-refractivity contribution in [2.75, 3.05) is 25.0 Å². The second kappa shape index (κ2) is 11.0. The van der Waals surface area contributed by atoms with E-state index in [4.69, 9.17) is 0 Å². The highest BCUT2D eigenvalue weighted by atomic mass is 19.1. The van der Waals surface area contributed by atoms with Crippen LogP contribution in [0.15, 0.2) is 18.2 Å². The van der Waals surface area contributed by atoms with Crippen LogP contribution in [-0.2, 0) is 9.59 Å². The highest BCUT2D eigenvalue weighted by molar-refractivity contribution is 5.96. The first kappa shape index (κ1) is 23.7. The smallest absolute Gasteiger partial charge is 0.321 e. The van der Waals surface area contributed by atoms with Gasteiger partial charge in [-0.15, -0.1) is 0 Å². The third kappa shape index (κ3) is 6.76. The lowest BCUT2D eigenvalue weighted by Gasteiger charge is -2.34. The molecule has 1 aromatic rings. The van der Waals surface area contributed by atoms with Crippen LogP contribution in [0.1, 0.15) is 40.0 Å². The first-order valence-corrected chi connectivity index (χ1v) is 10.3. The molecule has 3 N–H and O–H groups in total. The average Bonchev–Trinajstić information content (AvgIpc) is 2.67. The number of carbonyl (C=O) groups excluding carboxylic acids is 3. The second-order valence-electron chi connectivity index (χ2n) is 7.84. The van der Waals surface area contributed by atoms with Crippen LogP contribution in [0.25, 0.3) is 0 Å². The van der Waals surface area contributed by atoms with Crippen LogP contribution in [0, 0.1) is 23.5 Å². The van der Waals surface area contributed by atoms with Gasteiger partial charge in [-0.05, 0) is 36.9 Å². The molecule has 1 aliphatic carbocycles. The predicted octanol–water partition coefficient (Wildman–Crippen LogP) is 2.88. The van der Waals surface area contributed by atoms with Gasteiger partial charge in [0.25, 0.3) is 0 Å². The first-order chi connectivity index (χ1) is 14.2. The van der Waals surface area contributed by atoms with Crippen molar-refractivity contribution < 1.29 is 23.2 Å². The molecule has 1 aromatic carbocycles. The number of amides is 4. The van der Waals surface area contributed by atoms with Gasteiger partial charge in [0.2, 0.25) is 11.8 Å². The molecular formula is C21H30F2N4O3. The molecule has 9 heteroatoms. The Labute approximate surface area is 175 Å². The fourth-order valence-electron chi connectivity index (χ4n) is 3.64. The van der Waals surface area contributed by atoms with Crippen molar-refractivity contribution in [2.24, 2.45) is 11.8 Å². The number of hydrogen-bond acceptors (Lipinski definition) is 4. The zero-order valence-corrected chi connectivity index (χ0v) is 17.6. The fourth-order valence-corrected chi connectivity index (χ4v) is 3.64. The number of imide groups is 1. The van der Waals surface area contributed by atoms with E-state index in [0.29, 0.717) is 18.4 Å². The Balaban J connectivity index is 1.82. The minimum absolute atomic E-state index is 0.0188. The molecule has 0 aromatic heterocycles. The van der Waals surface area contributed by atoms with Crippen LogP contribution in [0.2, 0.25) is 0 Å². The molecule has 0 spiro atoms. The number of nitrogens with one attached hydrogen (secondary N) is 3. The number of nitrogens with zero attached hydrogens (tertiary/aromatic N) is 1. The van der Waals surface area contributed by atoms with E-state index < -0.39 is 35.2 Å². The summed E-state index contributed by atoms with van der Waals surface area (Å²) in [6.07, 6.45) is 3.04. The lowest BCUT2D eigenvalue weighted by atomic mass is 9.78. The molecule has 1 fully saturated rings. The SMILES string of the molecule is CCN(CC(=O)NC(=O)N[C@@H]1CCC[C@@H](C)[C@H]1C)CC(=O)Nc1c(F)cccc1F. The number of benzene rings is 1. The summed E-state index contributed by atoms with van der Waals surface area (Å²) in [5, 5.41) is 7.32. The van der Waals surface area contributed by atoms with Crippen molar-refractivity contribution >= 4 is 23.5 Å². The Kier molecular flexibility index (Phi) is 8.71. The van der Waals surface area contributed by atoms with E-state index in [9.17, 15) is 23.2 Å². The van der Waals surface area contributed by atoms with Crippen LogP contribution >= 0.6 is 0 Å². The van der Waals surface area contributed by atoms with Crippen molar-refractivity contribution in [3.05, 3.63) is 29.8 Å². The summed E-state index contributed by atoms with van der Waals surface area (Å²) < 4.78 is 27.3. The molecular weight excluding hydrogens is 394 g/mol. The van der Waals surface area contributed by atoms with E-state index in [2.05, 4.69) is 29.8 Å². The molecule has 1 saturated carbocycles. The number of para-hydroxylation sites is 1. The van der Waals surface area contributed by atoms with E-state index >= 15 is 0 Å². The van der Waals surface area contributed by atoms with E-state index in [1.807, 2.05) is 0 Å². The molecule has 2 rings (SSSR count). The monoisotopic (exact) mass is 424 g/mol. The molecule has 1 aliphatic rings. The number of urea groups is 1. The lowest BCUT2D eigenvalue weighted by Crippen LogP contribution is -2.51. The molecule has 7 nitrogen and oxygen atoms in total. The van der Waals surface area contributed by atoms with Crippen LogP contribution in [0.3, 0.4) is 0 Å². The second-order valence-corrected chi connectivity index (χ2v) is 7.84. The zero-order chi connectivity index (χ0) is 22.3. The van der Waals surface area contributed by atoms with Gasteiger partial charge in [0.1, 0.15) is 17.3 Å². The van der Waals surface area contributed by atoms with Gasteiger partial charge in [0.05, 0.1) is 13.1 Å². The Morgan fingerprint density at radius 2 is 1.70 bits per heavy atom. The summed E-state index contributed by atoms with van der Waals surface area (Å²) in [5.41, 5.74) is -0.529. The molecule has 166 valence electrons. The number of hydrogen-bond donors (Lipinski definition) is 3. The Morgan fingerprint density at radius 3 is 2.33 bits per heavy atom. The van der Waals surface area contributed by atoms with Gasteiger partial charge in [0, 0.05) is 6.04 Å². The van der Waals surface area contributed by atoms with Crippen LogP contribution in [-0.4, -0.2) is 48.4 Å². The van der Waals surface area contributed by atoms with Crippen molar-refractivity contribution in [1.82, 2.24) is 15.5 Å². The minimum atomic E-state index is -0.882. The maximum atomic E-state index is 13.7. The molecule has 3 atom stereocenters. The number of anilines is 1. The maximum absolute atomic E-state index is 13.7. The quantitative estimate of drug-likeness (QED) is 0.628. The molecule has 0 unspecified atom stereocenters. The number of carbonyl (C=O) groups is 3. The van der Waals surface area contributed by atoms with Gasteiger partial charge < -0.3 is 10.6 Å².